The van der Waals surface area contributed by atoms with Crippen LogP contribution in [0.2, 0.25) is 0 Å². The first-order valence-corrected chi connectivity index (χ1v) is 6.22. The molecular formula is C13H9BrN4. The van der Waals surface area contributed by atoms with Crippen molar-refractivity contribution in [1.29, 1.82) is 0 Å². The number of para-hydroxylation sites is 1. The van der Waals surface area contributed by atoms with Gasteiger partial charge in [0.25, 0.3) is 0 Å². The molecule has 1 aromatic carbocycles. The molecule has 0 aliphatic heterocycles. The molecule has 18 heavy (non-hydrogen) atoms. The number of fused-ring (bicyclic) bond motifs is 1. The van der Waals surface area contributed by atoms with Crippen LogP contribution in [0.25, 0.3) is 10.9 Å². The number of aromatic nitrogens is 3. The smallest absolute Gasteiger partial charge is 0.154 e. The maximum atomic E-state index is 4.54. The van der Waals surface area contributed by atoms with E-state index in [0.717, 1.165) is 21.2 Å². The third-order valence-corrected chi connectivity index (χ3v) is 3.10. The Morgan fingerprint density at radius 3 is 2.78 bits per heavy atom. The molecule has 2 aromatic heterocycles. The van der Waals surface area contributed by atoms with E-state index in [1.807, 2.05) is 42.5 Å². The number of hydrogen-bond donors (Lipinski definition) is 1. The molecule has 88 valence electrons. The highest BCUT2D eigenvalue weighted by atomic mass is 79.9. The van der Waals surface area contributed by atoms with Crippen LogP contribution in [0.4, 0.5) is 11.6 Å². The number of rotatable bonds is 2. The normalized spacial score (nSPS) is 10.5. The van der Waals surface area contributed by atoms with E-state index in [2.05, 4.69) is 36.4 Å². The van der Waals surface area contributed by atoms with Gasteiger partial charge in [0, 0.05) is 11.6 Å². The van der Waals surface area contributed by atoms with Crippen molar-refractivity contribution >= 4 is 38.5 Å². The number of nitrogens with one attached hydrogen (secondary N) is 1. The largest absolute Gasteiger partial charge is 0.322 e. The van der Waals surface area contributed by atoms with E-state index in [1.165, 1.54) is 0 Å². The minimum atomic E-state index is 0.668. The minimum Gasteiger partial charge on any atom is -0.322 e. The summed E-state index contributed by atoms with van der Waals surface area (Å²) in [4.78, 5) is 4.54. The van der Waals surface area contributed by atoms with Crippen molar-refractivity contribution in [3.05, 3.63) is 53.1 Å². The fourth-order valence-corrected chi connectivity index (χ4v) is 2.10. The molecule has 3 aromatic rings. The summed E-state index contributed by atoms with van der Waals surface area (Å²) < 4.78 is 0.895. The molecule has 0 spiro atoms. The maximum Gasteiger partial charge on any atom is 0.154 e. The van der Waals surface area contributed by atoms with Gasteiger partial charge < -0.3 is 5.32 Å². The van der Waals surface area contributed by atoms with Crippen LogP contribution in [0.15, 0.2) is 53.1 Å². The Kier molecular flexibility index (Phi) is 2.90. The lowest BCUT2D eigenvalue weighted by Gasteiger charge is -2.07. The number of hydrogen-bond acceptors (Lipinski definition) is 4. The van der Waals surface area contributed by atoms with E-state index in [-0.39, 0.29) is 0 Å². The van der Waals surface area contributed by atoms with E-state index in [0.29, 0.717) is 5.82 Å². The van der Waals surface area contributed by atoms with Crippen LogP contribution >= 0.6 is 15.9 Å². The quantitative estimate of drug-likeness (QED) is 0.786. The van der Waals surface area contributed by atoms with Crippen molar-refractivity contribution in [2.75, 3.05) is 5.32 Å². The van der Waals surface area contributed by atoms with Gasteiger partial charge in [-0.1, -0.05) is 18.2 Å². The minimum absolute atomic E-state index is 0.668. The summed E-state index contributed by atoms with van der Waals surface area (Å²) in [7, 11) is 0. The molecule has 5 heteroatoms. The Balaban J connectivity index is 2.04. The van der Waals surface area contributed by atoms with Gasteiger partial charge in [0.2, 0.25) is 0 Å². The second-order valence-electron chi connectivity index (χ2n) is 3.75. The molecule has 4 nitrogen and oxygen atoms in total. The van der Waals surface area contributed by atoms with E-state index in [1.54, 1.807) is 6.20 Å². The zero-order chi connectivity index (χ0) is 12.4. The van der Waals surface area contributed by atoms with Crippen molar-refractivity contribution in [1.82, 2.24) is 15.2 Å². The molecule has 2 heterocycles. The Morgan fingerprint density at radius 1 is 1.06 bits per heavy atom. The van der Waals surface area contributed by atoms with Crippen LogP contribution in [-0.4, -0.2) is 15.2 Å². The first-order chi connectivity index (χ1) is 8.83. The van der Waals surface area contributed by atoms with Crippen molar-refractivity contribution in [3.8, 4) is 0 Å². The summed E-state index contributed by atoms with van der Waals surface area (Å²) in [6.45, 7) is 0. The maximum absolute atomic E-state index is 4.54. The Morgan fingerprint density at radius 2 is 1.94 bits per heavy atom. The highest BCUT2D eigenvalue weighted by Crippen LogP contribution is 2.26. The van der Waals surface area contributed by atoms with E-state index >= 15 is 0 Å². The summed E-state index contributed by atoms with van der Waals surface area (Å²) in [5.41, 5.74) is 0.937. The molecule has 1 N–H and O–H groups in total. The number of benzene rings is 1. The molecule has 0 fully saturated rings. The Bertz CT molecular complexity index is 685. The van der Waals surface area contributed by atoms with Gasteiger partial charge in [-0.15, -0.1) is 5.10 Å². The lowest BCUT2D eigenvalue weighted by Crippen LogP contribution is -1.98. The number of nitrogens with zero attached hydrogens (tertiary/aromatic N) is 3. The van der Waals surface area contributed by atoms with Crippen LogP contribution in [0.5, 0.6) is 0 Å². The monoisotopic (exact) mass is 300 g/mol. The van der Waals surface area contributed by atoms with Gasteiger partial charge in [-0.2, -0.15) is 5.10 Å². The highest BCUT2D eigenvalue weighted by molar-refractivity contribution is 9.10. The molecular weight excluding hydrogens is 292 g/mol. The molecule has 0 amide bonds. The summed E-state index contributed by atoms with van der Waals surface area (Å²) in [6.07, 6.45) is 1.63. The van der Waals surface area contributed by atoms with Gasteiger partial charge in [-0.05, 0) is 40.2 Å². The van der Waals surface area contributed by atoms with Crippen molar-refractivity contribution in [2.24, 2.45) is 0 Å². The van der Waals surface area contributed by atoms with E-state index < -0.39 is 0 Å². The molecule has 0 aliphatic rings. The molecule has 0 atom stereocenters. The van der Waals surface area contributed by atoms with Crippen molar-refractivity contribution in [2.45, 2.75) is 0 Å². The number of halogens is 1. The second-order valence-corrected chi connectivity index (χ2v) is 4.60. The van der Waals surface area contributed by atoms with Gasteiger partial charge in [-0.3, -0.25) is 0 Å². The molecule has 0 saturated heterocycles. The molecule has 0 unspecified atom stereocenters. The third kappa shape index (κ3) is 2.17. The third-order valence-electron chi connectivity index (χ3n) is 2.50. The summed E-state index contributed by atoms with van der Waals surface area (Å²) in [5.74, 6) is 1.40. The SMILES string of the molecule is Brc1cc2ccccc2nc1Nc1cccnn1. The second kappa shape index (κ2) is 4.70. The average molecular weight is 301 g/mol. The Labute approximate surface area is 112 Å². The lowest BCUT2D eigenvalue weighted by molar-refractivity contribution is 1.03. The van der Waals surface area contributed by atoms with Crippen LogP contribution in [0.3, 0.4) is 0 Å². The first kappa shape index (κ1) is 11.1. The molecule has 0 saturated carbocycles. The van der Waals surface area contributed by atoms with Crippen LogP contribution in [-0.2, 0) is 0 Å². The molecule has 0 aliphatic carbocycles. The summed E-state index contributed by atoms with van der Waals surface area (Å²) in [5, 5.41) is 12.0. The van der Waals surface area contributed by atoms with Crippen LogP contribution in [0, 0.1) is 0 Å². The number of pyridine rings is 1. The fraction of sp³-hybridized carbons (Fsp3) is 0. The summed E-state index contributed by atoms with van der Waals surface area (Å²) in [6, 6.07) is 13.7. The van der Waals surface area contributed by atoms with Gasteiger partial charge in [0.05, 0.1) is 9.99 Å². The van der Waals surface area contributed by atoms with Gasteiger partial charge in [-0.25, -0.2) is 4.98 Å². The van der Waals surface area contributed by atoms with Gasteiger partial charge in [0.1, 0.15) is 5.82 Å². The van der Waals surface area contributed by atoms with Crippen LogP contribution < -0.4 is 5.32 Å². The van der Waals surface area contributed by atoms with Gasteiger partial charge in [0.15, 0.2) is 5.82 Å². The molecule has 0 radical (unpaired) electrons. The van der Waals surface area contributed by atoms with E-state index in [9.17, 15) is 0 Å². The zero-order valence-corrected chi connectivity index (χ0v) is 10.9. The Hall–Kier alpha value is -2.01. The zero-order valence-electron chi connectivity index (χ0n) is 9.34. The highest BCUT2D eigenvalue weighted by Gasteiger charge is 2.05. The topological polar surface area (TPSA) is 50.7 Å². The van der Waals surface area contributed by atoms with Crippen molar-refractivity contribution < 1.29 is 0 Å². The van der Waals surface area contributed by atoms with E-state index in [4.69, 9.17) is 0 Å². The van der Waals surface area contributed by atoms with Crippen molar-refractivity contribution in [3.63, 3.8) is 0 Å². The van der Waals surface area contributed by atoms with Crippen LogP contribution in [0.1, 0.15) is 0 Å². The molecule has 3 rings (SSSR count). The first-order valence-electron chi connectivity index (χ1n) is 5.43. The van der Waals surface area contributed by atoms with Gasteiger partial charge >= 0.3 is 0 Å². The predicted octanol–water partition coefficient (Wildman–Crippen LogP) is 3.53. The average Bonchev–Trinajstić information content (AvgIpc) is 2.41. The molecule has 0 bridgehead atoms. The number of anilines is 2. The summed E-state index contributed by atoms with van der Waals surface area (Å²) >= 11 is 3.50. The lowest BCUT2D eigenvalue weighted by atomic mass is 10.2. The predicted molar refractivity (Wildman–Crippen MR) is 74.8 cm³/mol. The fourth-order valence-electron chi connectivity index (χ4n) is 1.67. The standard InChI is InChI=1S/C13H9BrN4/c14-10-8-9-4-1-2-5-11(9)16-13(10)17-12-6-3-7-15-18-12/h1-8H,(H,16,17,18).